The molecule has 0 unspecified atom stereocenters. The molecule has 0 bridgehead atoms. The van der Waals surface area contributed by atoms with Crippen molar-refractivity contribution in [3.63, 3.8) is 0 Å². The molecule has 0 aromatic heterocycles. The van der Waals surface area contributed by atoms with Crippen LogP contribution in [0.2, 0.25) is 10.0 Å². The predicted molar refractivity (Wildman–Crippen MR) is 116 cm³/mol. The van der Waals surface area contributed by atoms with E-state index in [2.05, 4.69) is 0 Å². The molecule has 0 spiro atoms. The number of halogens is 2. The standard InChI is InChI=1S/C22H14AsCl2O5/c24-15-4-7-17(8-5-15)30-12-20(26)13-2-1-3-14(10-13)21(27)23-19-9-6-16(25)11-18(19)22(28)29/h1-11H,12H2,(H,28,29). The molecule has 5 nitrogen and oxygen atoms in total. The number of aromatic carboxylic acids is 1. The first kappa shape index (κ1) is 22.1. The molecule has 3 aromatic rings. The second kappa shape index (κ2) is 9.94. The van der Waals surface area contributed by atoms with Crippen LogP contribution in [0.4, 0.5) is 0 Å². The number of carboxylic acid groups (broad SMARTS) is 1. The fourth-order valence-electron chi connectivity index (χ4n) is 2.54. The monoisotopic (exact) mass is 503 g/mol. The Hall–Kier alpha value is -2.59. The summed E-state index contributed by atoms with van der Waals surface area (Å²) in [6, 6.07) is 17.4. The van der Waals surface area contributed by atoms with Crippen molar-refractivity contribution in [2.24, 2.45) is 0 Å². The third-order valence-corrected chi connectivity index (χ3v) is 6.80. The van der Waals surface area contributed by atoms with Crippen molar-refractivity contribution >= 4 is 59.6 Å². The van der Waals surface area contributed by atoms with Crippen LogP contribution >= 0.6 is 23.2 Å². The van der Waals surface area contributed by atoms with Gasteiger partial charge in [0, 0.05) is 0 Å². The van der Waals surface area contributed by atoms with E-state index in [1.165, 1.54) is 12.1 Å². The maximum absolute atomic E-state index is 12.7. The minimum atomic E-state index is -1.14. The second-order valence-electron chi connectivity index (χ2n) is 6.13. The Kier molecular flexibility index (Phi) is 7.33. The van der Waals surface area contributed by atoms with Crippen molar-refractivity contribution in [2.75, 3.05) is 6.61 Å². The Morgan fingerprint density at radius 1 is 0.867 bits per heavy atom. The number of ketones is 1. The van der Waals surface area contributed by atoms with Crippen LogP contribution in [0.1, 0.15) is 31.1 Å². The molecule has 0 amide bonds. The van der Waals surface area contributed by atoms with Crippen molar-refractivity contribution in [3.8, 4) is 5.75 Å². The van der Waals surface area contributed by atoms with Crippen LogP contribution in [-0.2, 0) is 0 Å². The molecule has 0 fully saturated rings. The molecular formula is C22H14AsCl2O5. The molecule has 30 heavy (non-hydrogen) atoms. The number of hydrogen-bond acceptors (Lipinski definition) is 4. The number of Topliss-reactive ketones (excluding diaryl/α,β-unsaturated/α-hetero) is 1. The van der Waals surface area contributed by atoms with Crippen molar-refractivity contribution in [1.29, 1.82) is 0 Å². The third kappa shape index (κ3) is 5.73. The molecule has 0 saturated carbocycles. The zero-order valence-corrected chi connectivity index (χ0v) is 18.7. The van der Waals surface area contributed by atoms with E-state index >= 15 is 0 Å². The van der Waals surface area contributed by atoms with E-state index in [1.807, 2.05) is 0 Å². The van der Waals surface area contributed by atoms with E-state index in [0.29, 0.717) is 26.3 Å². The number of carbonyl (C=O) groups excluding carboxylic acids is 2. The Balaban J connectivity index is 1.71. The summed E-state index contributed by atoms with van der Waals surface area (Å²) in [6.07, 6.45) is 0. The molecule has 1 N–H and O–H groups in total. The summed E-state index contributed by atoms with van der Waals surface area (Å²) >= 11 is 10.6. The van der Waals surface area contributed by atoms with Gasteiger partial charge in [-0.1, -0.05) is 0 Å². The summed E-state index contributed by atoms with van der Waals surface area (Å²) in [5.41, 5.74) is 0.698. The van der Waals surface area contributed by atoms with Crippen molar-refractivity contribution < 1.29 is 24.2 Å². The molecule has 0 saturated heterocycles. The summed E-state index contributed by atoms with van der Waals surface area (Å²) in [4.78, 5) is 36.6. The molecule has 0 atom stereocenters. The van der Waals surface area contributed by atoms with Gasteiger partial charge < -0.3 is 0 Å². The Labute approximate surface area is 189 Å². The van der Waals surface area contributed by atoms with Gasteiger partial charge in [-0.25, -0.2) is 0 Å². The molecule has 3 aromatic carbocycles. The third-order valence-electron chi connectivity index (χ3n) is 4.03. The Morgan fingerprint density at radius 3 is 2.23 bits per heavy atom. The predicted octanol–water partition coefficient (Wildman–Crippen LogP) is 4.12. The number of carbonyl (C=O) groups is 3. The number of benzene rings is 3. The zero-order chi connectivity index (χ0) is 21.7. The first-order valence-electron chi connectivity index (χ1n) is 8.64. The minimum absolute atomic E-state index is 0.0134. The van der Waals surface area contributed by atoms with Gasteiger partial charge in [0.1, 0.15) is 0 Å². The number of rotatable bonds is 8. The van der Waals surface area contributed by atoms with E-state index in [0.717, 1.165) is 0 Å². The molecule has 151 valence electrons. The van der Waals surface area contributed by atoms with Gasteiger partial charge in [0.2, 0.25) is 0 Å². The van der Waals surface area contributed by atoms with Gasteiger partial charge in [-0.15, -0.1) is 0 Å². The molecule has 0 aliphatic carbocycles. The molecule has 0 aliphatic heterocycles. The van der Waals surface area contributed by atoms with E-state index in [1.54, 1.807) is 54.6 Å². The van der Waals surface area contributed by atoms with E-state index in [-0.39, 0.29) is 27.5 Å². The van der Waals surface area contributed by atoms with Crippen molar-refractivity contribution in [1.82, 2.24) is 0 Å². The average molecular weight is 504 g/mol. The summed E-state index contributed by atoms with van der Waals surface area (Å²) in [5, 5.41) is 10.2. The number of hydrogen-bond donors (Lipinski definition) is 1. The van der Waals surface area contributed by atoms with E-state index < -0.39 is 21.7 Å². The van der Waals surface area contributed by atoms with E-state index in [4.69, 9.17) is 27.9 Å². The second-order valence-corrected chi connectivity index (χ2v) is 9.34. The van der Waals surface area contributed by atoms with Crippen LogP contribution in [0.25, 0.3) is 0 Å². The van der Waals surface area contributed by atoms with Crippen LogP contribution in [0.3, 0.4) is 0 Å². The SMILES string of the molecule is O=C(COc1ccc(Cl)cc1)c1cccc(C(=O)[As]c2ccc(Cl)cc2C(=O)O)c1. The number of carboxylic acids is 1. The molecule has 3 rings (SSSR count). The van der Waals surface area contributed by atoms with Crippen LogP contribution < -0.4 is 9.09 Å². The van der Waals surface area contributed by atoms with Crippen LogP contribution in [-0.4, -0.2) is 43.8 Å². The summed E-state index contributed by atoms with van der Waals surface area (Å²) < 4.78 is 5.68. The Bertz CT molecular complexity index is 1110. The molecule has 0 aliphatic rings. The first-order valence-corrected chi connectivity index (χ1v) is 11.3. The maximum atomic E-state index is 12.7. The van der Waals surface area contributed by atoms with Gasteiger partial charge in [-0.3, -0.25) is 0 Å². The fraction of sp³-hybridized carbons (Fsp3) is 0.0455. The van der Waals surface area contributed by atoms with Gasteiger partial charge in [0.15, 0.2) is 0 Å². The van der Waals surface area contributed by atoms with Gasteiger partial charge in [-0.2, -0.15) is 0 Å². The van der Waals surface area contributed by atoms with Gasteiger partial charge in [-0.05, 0) is 0 Å². The van der Waals surface area contributed by atoms with Crippen molar-refractivity contribution in [2.45, 2.75) is 0 Å². The summed E-state index contributed by atoms with van der Waals surface area (Å²) in [6.45, 7) is -0.187. The van der Waals surface area contributed by atoms with Gasteiger partial charge in [0.25, 0.3) is 0 Å². The quantitative estimate of drug-likeness (QED) is 0.369. The topological polar surface area (TPSA) is 80.7 Å². The Morgan fingerprint density at radius 2 is 1.53 bits per heavy atom. The normalized spacial score (nSPS) is 10.9. The van der Waals surface area contributed by atoms with Crippen LogP contribution in [0, 0.1) is 0 Å². The molecule has 8 heteroatoms. The summed E-state index contributed by atoms with van der Waals surface area (Å²) in [5.74, 6) is -0.915. The van der Waals surface area contributed by atoms with Gasteiger partial charge in [0.05, 0.1) is 0 Å². The van der Waals surface area contributed by atoms with Crippen molar-refractivity contribution in [3.05, 3.63) is 93.5 Å². The molecular weight excluding hydrogens is 490 g/mol. The molecule has 0 heterocycles. The first-order chi connectivity index (χ1) is 14.3. The fourth-order valence-corrected chi connectivity index (χ4v) is 4.76. The van der Waals surface area contributed by atoms with Gasteiger partial charge >= 0.3 is 190 Å². The summed E-state index contributed by atoms with van der Waals surface area (Å²) in [7, 11) is 0. The molecule has 1 radical (unpaired) electrons. The average Bonchev–Trinajstić information content (AvgIpc) is 2.74. The zero-order valence-electron chi connectivity index (χ0n) is 15.3. The van der Waals surface area contributed by atoms with Crippen LogP contribution in [0.15, 0.2) is 66.7 Å². The number of ether oxygens (including phenoxy) is 1. The van der Waals surface area contributed by atoms with Crippen LogP contribution in [0.5, 0.6) is 5.75 Å². The van der Waals surface area contributed by atoms with E-state index in [9.17, 15) is 19.5 Å².